The highest BCUT2D eigenvalue weighted by Crippen LogP contribution is 2.18. The van der Waals surface area contributed by atoms with Gasteiger partial charge in [-0.3, -0.25) is 0 Å². The Bertz CT molecular complexity index is 696. The molecule has 0 atom stereocenters. The molecule has 0 radical (unpaired) electrons. The summed E-state index contributed by atoms with van der Waals surface area (Å²) in [6.07, 6.45) is 5.70. The van der Waals surface area contributed by atoms with Crippen LogP contribution in [0.25, 0.3) is 16.9 Å². The molecule has 2 N–H and O–H groups in total. The van der Waals surface area contributed by atoms with Crippen molar-refractivity contribution in [2.45, 2.75) is 26.4 Å². The van der Waals surface area contributed by atoms with E-state index in [1.54, 1.807) is 0 Å². The van der Waals surface area contributed by atoms with Crippen LogP contribution in [0.5, 0.6) is 0 Å². The fourth-order valence-corrected chi connectivity index (χ4v) is 2.08. The minimum Gasteiger partial charge on any atom is -0.341 e. The normalized spacial score (nSPS) is 11.2. The summed E-state index contributed by atoms with van der Waals surface area (Å²) < 4.78 is 1.86. The van der Waals surface area contributed by atoms with Gasteiger partial charge in [0.25, 0.3) is 0 Å². The van der Waals surface area contributed by atoms with E-state index in [0.717, 1.165) is 29.3 Å². The fraction of sp³-hybridized carbons (Fsp3) is 0.250. The van der Waals surface area contributed by atoms with Crippen molar-refractivity contribution in [2.24, 2.45) is 0 Å². The first-order valence-corrected chi connectivity index (χ1v) is 7.10. The Morgan fingerprint density at radius 2 is 2.00 bits per heavy atom. The van der Waals surface area contributed by atoms with E-state index in [1.165, 1.54) is 0 Å². The van der Waals surface area contributed by atoms with Gasteiger partial charge in [0.15, 0.2) is 0 Å². The first kappa shape index (κ1) is 13.6. The van der Waals surface area contributed by atoms with E-state index in [4.69, 9.17) is 0 Å². The van der Waals surface area contributed by atoms with Gasteiger partial charge < -0.3 is 10.3 Å². The molecule has 0 saturated carbocycles. The quantitative estimate of drug-likeness (QED) is 0.756. The van der Waals surface area contributed by atoms with Crippen LogP contribution in [0.2, 0.25) is 0 Å². The zero-order valence-corrected chi connectivity index (χ0v) is 12.2. The molecular formula is C16H19N5. The van der Waals surface area contributed by atoms with Gasteiger partial charge in [-0.1, -0.05) is 32.0 Å². The van der Waals surface area contributed by atoms with Crippen molar-refractivity contribution in [1.82, 2.24) is 25.1 Å². The van der Waals surface area contributed by atoms with Crippen LogP contribution in [0.3, 0.4) is 0 Å². The number of nitrogens with zero attached hydrogens (tertiary/aromatic N) is 3. The average molecular weight is 281 g/mol. The topological polar surface area (TPSA) is 58.5 Å². The molecule has 108 valence electrons. The molecule has 21 heavy (non-hydrogen) atoms. The Morgan fingerprint density at radius 1 is 1.19 bits per heavy atom. The van der Waals surface area contributed by atoms with Gasteiger partial charge in [-0.25, -0.2) is 9.67 Å². The van der Waals surface area contributed by atoms with Gasteiger partial charge in [-0.05, 0) is 12.1 Å². The zero-order chi connectivity index (χ0) is 14.7. The molecule has 0 saturated heterocycles. The number of aromatic nitrogens is 4. The van der Waals surface area contributed by atoms with Crippen LogP contribution in [0.1, 0.15) is 19.7 Å². The summed E-state index contributed by atoms with van der Waals surface area (Å²) in [5, 5.41) is 7.74. The van der Waals surface area contributed by atoms with Crippen LogP contribution in [0.4, 0.5) is 0 Å². The smallest absolute Gasteiger partial charge is 0.120 e. The van der Waals surface area contributed by atoms with Gasteiger partial charge in [0.2, 0.25) is 0 Å². The number of nitrogens with one attached hydrogen (secondary N) is 2. The Balaban J connectivity index is 1.77. The van der Waals surface area contributed by atoms with Crippen LogP contribution in [0, 0.1) is 0 Å². The third-order valence-electron chi connectivity index (χ3n) is 3.22. The van der Waals surface area contributed by atoms with Gasteiger partial charge in [0.1, 0.15) is 5.82 Å². The van der Waals surface area contributed by atoms with Crippen LogP contribution < -0.4 is 5.32 Å². The average Bonchev–Trinajstić information content (AvgIpc) is 3.15. The Morgan fingerprint density at radius 3 is 2.76 bits per heavy atom. The maximum atomic E-state index is 4.40. The van der Waals surface area contributed by atoms with Crippen molar-refractivity contribution in [3.63, 3.8) is 0 Å². The molecule has 0 bridgehead atoms. The number of hydrogen-bond donors (Lipinski definition) is 2. The van der Waals surface area contributed by atoms with E-state index in [2.05, 4.69) is 34.2 Å². The zero-order valence-electron chi connectivity index (χ0n) is 12.2. The number of para-hydroxylation sites is 1. The monoisotopic (exact) mass is 281 g/mol. The minimum atomic E-state index is 0.444. The van der Waals surface area contributed by atoms with E-state index in [0.29, 0.717) is 6.04 Å². The molecule has 0 spiro atoms. The SMILES string of the molecule is CC(C)NCc1ncc(-c2cnn(-c3ccccc3)c2)[nH]1. The third kappa shape index (κ3) is 3.20. The second-order valence-electron chi connectivity index (χ2n) is 5.29. The van der Waals surface area contributed by atoms with Gasteiger partial charge >= 0.3 is 0 Å². The van der Waals surface area contributed by atoms with E-state index in [9.17, 15) is 0 Å². The van der Waals surface area contributed by atoms with Crippen molar-refractivity contribution in [3.8, 4) is 16.9 Å². The summed E-state index contributed by atoms with van der Waals surface area (Å²) >= 11 is 0. The number of rotatable bonds is 5. The van der Waals surface area contributed by atoms with Crippen LogP contribution in [-0.4, -0.2) is 25.8 Å². The van der Waals surface area contributed by atoms with Crippen LogP contribution >= 0.6 is 0 Å². The summed E-state index contributed by atoms with van der Waals surface area (Å²) in [7, 11) is 0. The molecule has 0 fully saturated rings. The van der Waals surface area contributed by atoms with Gasteiger partial charge in [0, 0.05) is 17.8 Å². The molecule has 2 aromatic heterocycles. The fourth-order valence-electron chi connectivity index (χ4n) is 2.08. The predicted octanol–water partition coefficient (Wildman–Crippen LogP) is 2.76. The van der Waals surface area contributed by atoms with Crippen molar-refractivity contribution in [3.05, 3.63) is 54.7 Å². The van der Waals surface area contributed by atoms with Crippen molar-refractivity contribution in [2.75, 3.05) is 0 Å². The van der Waals surface area contributed by atoms with Crippen LogP contribution in [0.15, 0.2) is 48.9 Å². The molecule has 0 aliphatic carbocycles. The second kappa shape index (κ2) is 5.93. The highest BCUT2D eigenvalue weighted by atomic mass is 15.3. The van der Waals surface area contributed by atoms with Crippen molar-refractivity contribution in [1.29, 1.82) is 0 Å². The Kier molecular flexibility index (Phi) is 3.83. The van der Waals surface area contributed by atoms with Crippen molar-refractivity contribution < 1.29 is 0 Å². The predicted molar refractivity (Wildman–Crippen MR) is 83.1 cm³/mol. The number of benzene rings is 1. The molecule has 1 aromatic carbocycles. The van der Waals surface area contributed by atoms with E-state index in [1.807, 2.05) is 53.6 Å². The number of imidazole rings is 1. The lowest BCUT2D eigenvalue weighted by Crippen LogP contribution is -2.22. The lowest BCUT2D eigenvalue weighted by Gasteiger charge is -2.04. The highest BCUT2D eigenvalue weighted by molar-refractivity contribution is 5.57. The van der Waals surface area contributed by atoms with Gasteiger partial charge in [-0.15, -0.1) is 0 Å². The molecule has 5 nitrogen and oxygen atoms in total. The first-order valence-electron chi connectivity index (χ1n) is 7.10. The second-order valence-corrected chi connectivity index (χ2v) is 5.29. The standard InChI is InChI=1S/C16H19N5/c1-12(2)17-10-16-18-9-15(20-16)13-8-19-21(11-13)14-6-4-3-5-7-14/h3-9,11-12,17H,10H2,1-2H3,(H,18,20). The third-order valence-corrected chi connectivity index (χ3v) is 3.22. The number of H-pyrrole nitrogens is 1. The molecular weight excluding hydrogens is 262 g/mol. The maximum absolute atomic E-state index is 4.40. The van der Waals surface area contributed by atoms with E-state index in [-0.39, 0.29) is 0 Å². The summed E-state index contributed by atoms with van der Waals surface area (Å²) in [6.45, 7) is 4.98. The molecule has 0 aliphatic heterocycles. The van der Waals surface area contributed by atoms with Crippen molar-refractivity contribution >= 4 is 0 Å². The van der Waals surface area contributed by atoms with Gasteiger partial charge in [0.05, 0.1) is 30.3 Å². The Labute approximate surface area is 124 Å². The summed E-state index contributed by atoms with van der Waals surface area (Å²) in [5.74, 6) is 0.936. The number of aromatic amines is 1. The summed E-state index contributed by atoms with van der Waals surface area (Å²) in [4.78, 5) is 7.71. The Hall–Kier alpha value is -2.40. The van der Waals surface area contributed by atoms with Gasteiger partial charge in [-0.2, -0.15) is 5.10 Å². The molecule has 3 aromatic rings. The van der Waals surface area contributed by atoms with Crippen LogP contribution in [-0.2, 0) is 6.54 Å². The molecule has 0 unspecified atom stereocenters. The highest BCUT2D eigenvalue weighted by Gasteiger charge is 2.07. The molecule has 0 aliphatic rings. The lowest BCUT2D eigenvalue weighted by molar-refractivity contribution is 0.575. The molecule has 2 heterocycles. The molecule has 0 amide bonds. The van der Waals surface area contributed by atoms with E-state index >= 15 is 0 Å². The van der Waals surface area contributed by atoms with E-state index < -0.39 is 0 Å². The first-order chi connectivity index (χ1) is 10.2. The maximum Gasteiger partial charge on any atom is 0.120 e. The molecule has 5 heteroatoms. The number of hydrogen-bond acceptors (Lipinski definition) is 3. The summed E-state index contributed by atoms with van der Waals surface area (Å²) in [6, 6.07) is 10.5. The minimum absolute atomic E-state index is 0.444. The largest absolute Gasteiger partial charge is 0.341 e. The lowest BCUT2D eigenvalue weighted by atomic mass is 10.3. The molecule has 3 rings (SSSR count). The summed E-state index contributed by atoms with van der Waals surface area (Å²) in [5.41, 5.74) is 3.06.